The van der Waals surface area contributed by atoms with Crippen molar-refractivity contribution in [1.82, 2.24) is 0 Å². The van der Waals surface area contributed by atoms with Gasteiger partial charge in [-0.15, -0.1) is 0 Å². The largest absolute Gasteiger partial charge is 0.478 e. The lowest BCUT2D eigenvalue weighted by atomic mass is 10.0. The first-order valence-corrected chi connectivity index (χ1v) is 5.04. The SMILES string of the molecule is N#CC=Cc1ccc2cc(C(=O)O)ccc2c1. The summed E-state index contributed by atoms with van der Waals surface area (Å²) in [5, 5.41) is 19.1. The zero-order valence-corrected chi connectivity index (χ0v) is 8.92. The lowest BCUT2D eigenvalue weighted by Crippen LogP contribution is -1.95. The van der Waals surface area contributed by atoms with Crippen LogP contribution in [0.25, 0.3) is 16.8 Å². The van der Waals surface area contributed by atoms with Crippen LogP contribution in [0.4, 0.5) is 0 Å². The summed E-state index contributed by atoms with van der Waals surface area (Å²) in [5.74, 6) is -0.930. The molecule has 0 fully saturated rings. The van der Waals surface area contributed by atoms with E-state index in [0.29, 0.717) is 0 Å². The molecular formula is C14H9NO2. The fraction of sp³-hybridized carbons (Fsp3) is 0. The van der Waals surface area contributed by atoms with Gasteiger partial charge in [0.25, 0.3) is 0 Å². The molecule has 3 nitrogen and oxygen atoms in total. The van der Waals surface area contributed by atoms with Crippen LogP contribution in [0.2, 0.25) is 0 Å². The summed E-state index contributed by atoms with van der Waals surface area (Å²) in [6.07, 6.45) is 3.12. The molecule has 0 unspecified atom stereocenters. The molecule has 0 saturated heterocycles. The Morgan fingerprint density at radius 2 is 1.88 bits per heavy atom. The molecule has 0 bridgehead atoms. The number of carboxylic acid groups (broad SMARTS) is 1. The van der Waals surface area contributed by atoms with Crippen LogP contribution in [0.5, 0.6) is 0 Å². The number of carboxylic acids is 1. The molecule has 0 aromatic heterocycles. The second-order valence-corrected chi connectivity index (χ2v) is 3.59. The fourth-order valence-electron chi connectivity index (χ4n) is 1.63. The lowest BCUT2D eigenvalue weighted by molar-refractivity contribution is 0.0697. The van der Waals surface area contributed by atoms with Gasteiger partial charge in [-0.3, -0.25) is 0 Å². The van der Waals surface area contributed by atoms with E-state index in [4.69, 9.17) is 10.4 Å². The van der Waals surface area contributed by atoms with Gasteiger partial charge in [0, 0.05) is 6.08 Å². The van der Waals surface area contributed by atoms with Crippen molar-refractivity contribution in [2.24, 2.45) is 0 Å². The van der Waals surface area contributed by atoms with Crippen molar-refractivity contribution in [2.75, 3.05) is 0 Å². The third kappa shape index (κ3) is 2.32. The molecular weight excluding hydrogens is 214 g/mol. The highest BCUT2D eigenvalue weighted by atomic mass is 16.4. The quantitative estimate of drug-likeness (QED) is 0.796. The van der Waals surface area contributed by atoms with Gasteiger partial charge in [0.05, 0.1) is 11.6 Å². The fourth-order valence-corrected chi connectivity index (χ4v) is 1.63. The summed E-state index contributed by atoms with van der Waals surface area (Å²) >= 11 is 0. The maximum Gasteiger partial charge on any atom is 0.335 e. The Kier molecular flexibility index (Phi) is 2.89. The van der Waals surface area contributed by atoms with Crippen LogP contribution in [-0.4, -0.2) is 11.1 Å². The number of aromatic carboxylic acids is 1. The first-order chi connectivity index (χ1) is 8.20. The van der Waals surface area contributed by atoms with Crippen molar-refractivity contribution >= 4 is 22.8 Å². The monoisotopic (exact) mass is 223 g/mol. The van der Waals surface area contributed by atoms with Crippen LogP contribution in [-0.2, 0) is 0 Å². The first-order valence-electron chi connectivity index (χ1n) is 5.04. The van der Waals surface area contributed by atoms with Crippen molar-refractivity contribution in [3.63, 3.8) is 0 Å². The smallest absolute Gasteiger partial charge is 0.335 e. The van der Waals surface area contributed by atoms with Crippen LogP contribution in [0.3, 0.4) is 0 Å². The van der Waals surface area contributed by atoms with Crippen LogP contribution >= 0.6 is 0 Å². The van der Waals surface area contributed by atoms with E-state index >= 15 is 0 Å². The average Bonchev–Trinajstić information content (AvgIpc) is 2.35. The van der Waals surface area contributed by atoms with Crippen LogP contribution < -0.4 is 0 Å². The van der Waals surface area contributed by atoms with Gasteiger partial charge in [0.1, 0.15) is 0 Å². The van der Waals surface area contributed by atoms with Crippen LogP contribution in [0.15, 0.2) is 42.5 Å². The van der Waals surface area contributed by atoms with Crippen molar-refractivity contribution < 1.29 is 9.90 Å². The summed E-state index contributed by atoms with van der Waals surface area (Å²) in [6.45, 7) is 0. The molecule has 0 atom stereocenters. The Bertz CT molecular complexity index is 651. The highest BCUT2D eigenvalue weighted by Gasteiger charge is 2.03. The van der Waals surface area contributed by atoms with Gasteiger partial charge in [-0.1, -0.05) is 18.2 Å². The molecule has 82 valence electrons. The molecule has 2 aromatic rings. The molecule has 0 aliphatic carbocycles. The summed E-state index contributed by atoms with van der Waals surface area (Å²) in [5.41, 5.74) is 1.19. The molecule has 2 aromatic carbocycles. The molecule has 2 rings (SSSR count). The second kappa shape index (κ2) is 4.50. The summed E-state index contributed by atoms with van der Waals surface area (Å²) in [6, 6.07) is 12.5. The summed E-state index contributed by atoms with van der Waals surface area (Å²) in [4.78, 5) is 10.8. The average molecular weight is 223 g/mol. The summed E-state index contributed by atoms with van der Waals surface area (Å²) < 4.78 is 0. The molecule has 1 N–H and O–H groups in total. The van der Waals surface area contributed by atoms with E-state index in [1.54, 1.807) is 24.3 Å². The predicted molar refractivity (Wildman–Crippen MR) is 65.6 cm³/mol. The maximum absolute atomic E-state index is 10.8. The first kappa shape index (κ1) is 10.9. The molecule has 3 heteroatoms. The van der Waals surface area contributed by atoms with Crippen LogP contribution in [0, 0.1) is 11.3 Å². The number of nitriles is 1. The van der Waals surface area contributed by atoms with Crippen molar-refractivity contribution in [3.05, 3.63) is 53.6 Å². The number of allylic oxidation sites excluding steroid dienone is 1. The van der Waals surface area contributed by atoms with Gasteiger partial charge in [-0.05, 0) is 40.6 Å². The number of hydrogen-bond acceptors (Lipinski definition) is 2. The van der Waals surface area contributed by atoms with Gasteiger partial charge < -0.3 is 5.11 Å². The van der Waals surface area contributed by atoms with Crippen molar-refractivity contribution in [2.45, 2.75) is 0 Å². The Hall–Kier alpha value is -2.60. The molecule has 0 radical (unpaired) electrons. The van der Waals surface area contributed by atoms with Gasteiger partial charge in [-0.2, -0.15) is 5.26 Å². The van der Waals surface area contributed by atoms with Crippen molar-refractivity contribution in [3.8, 4) is 6.07 Å². The lowest BCUT2D eigenvalue weighted by Gasteiger charge is -2.01. The van der Waals surface area contributed by atoms with E-state index in [9.17, 15) is 4.79 Å². The van der Waals surface area contributed by atoms with Gasteiger partial charge in [0.15, 0.2) is 0 Å². The van der Waals surface area contributed by atoms with Gasteiger partial charge in [0.2, 0.25) is 0 Å². The third-order valence-electron chi connectivity index (χ3n) is 2.46. The molecule has 0 spiro atoms. The van der Waals surface area contributed by atoms with Crippen molar-refractivity contribution in [1.29, 1.82) is 5.26 Å². The highest BCUT2D eigenvalue weighted by Crippen LogP contribution is 2.18. The molecule has 0 heterocycles. The summed E-state index contributed by atoms with van der Waals surface area (Å²) in [7, 11) is 0. The number of fused-ring (bicyclic) bond motifs is 1. The predicted octanol–water partition coefficient (Wildman–Crippen LogP) is 3.07. The standard InChI is InChI=1S/C14H9NO2/c15-7-1-2-10-3-4-12-9-13(14(16)17)6-5-11(12)8-10/h1-6,8-9H,(H,16,17). The van der Waals surface area contributed by atoms with E-state index in [1.807, 2.05) is 24.3 Å². The van der Waals surface area contributed by atoms with Gasteiger partial charge >= 0.3 is 5.97 Å². The Morgan fingerprint density at radius 1 is 1.18 bits per heavy atom. The number of nitrogens with zero attached hydrogens (tertiary/aromatic N) is 1. The minimum atomic E-state index is -0.930. The Balaban J connectivity index is 2.51. The Labute approximate surface area is 98.2 Å². The number of rotatable bonds is 2. The number of carbonyl (C=O) groups is 1. The number of benzene rings is 2. The third-order valence-corrected chi connectivity index (χ3v) is 2.46. The molecule has 17 heavy (non-hydrogen) atoms. The topological polar surface area (TPSA) is 61.1 Å². The minimum absolute atomic E-state index is 0.276. The molecule has 0 amide bonds. The minimum Gasteiger partial charge on any atom is -0.478 e. The molecule has 0 aliphatic rings. The van der Waals surface area contributed by atoms with E-state index in [-0.39, 0.29) is 5.56 Å². The van der Waals surface area contributed by atoms with Crippen LogP contribution in [0.1, 0.15) is 15.9 Å². The maximum atomic E-state index is 10.8. The zero-order valence-electron chi connectivity index (χ0n) is 8.92. The number of hydrogen-bond donors (Lipinski definition) is 1. The highest BCUT2D eigenvalue weighted by molar-refractivity contribution is 5.94. The Morgan fingerprint density at radius 3 is 2.59 bits per heavy atom. The zero-order chi connectivity index (χ0) is 12.3. The normalized spacial score (nSPS) is 10.5. The van der Waals surface area contributed by atoms with E-state index in [0.717, 1.165) is 16.3 Å². The molecule has 0 saturated carbocycles. The van der Waals surface area contributed by atoms with E-state index < -0.39 is 5.97 Å². The van der Waals surface area contributed by atoms with E-state index in [1.165, 1.54) is 6.08 Å². The van der Waals surface area contributed by atoms with Gasteiger partial charge in [-0.25, -0.2) is 4.79 Å². The van der Waals surface area contributed by atoms with E-state index in [2.05, 4.69) is 0 Å². The second-order valence-electron chi connectivity index (χ2n) is 3.59. The molecule has 0 aliphatic heterocycles.